The van der Waals surface area contributed by atoms with E-state index >= 15 is 0 Å². The van der Waals surface area contributed by atoms with Crippen molar-refractivity contribution in [2.45, 2.75) is 12.4 Å². The lowest BCUT2D eigenvalue weighted by Crippen LogP contribution is -2.13. The van der Waals surface area contributed by atoms with Gasteiger partial charge in [0, 0.05) is 0 Å². The molecule has 0 radical (unpaired) electrons. The zero-order chi connectivity index (χ0) is 23.0. The normalized spacial score (nSPS) is 12.8. The Morgan fingerprint density at radius 3 is 2.00 bits per heavy atom. The minimum absolute atomic E-state index is 0.00689. The van der Waals surface area contributed by atoms with Gasteiger partial charge in [0.2, 0.25) is 0 Å². The summed E-state index contributed by atoms with van der Waals surface area (Å²) in [5.41, 5.74) is -3.94. The van der Waals surface area contributed by atoms with Crippen molar-refractivity contribution in [2.24, 2.45) is 0 Å². The summed E-state index contributed by atoms with van der Waals surface area (Å²) in [5, 5.41) is -1.52. The summed E-state index contributed by atoms with van der Waals surface area (Å²) in [7, 11) is 0.799. The zero-order valence-electron chi connectivity index (χ0n) is 14.3. The summed E-state index contributed by atoms with van der Waals surface area (Å²) in [6, 6.07) is 1.37. The minimum atomic E-state index is -5.17. The summed E-state index contributed by atoms with van der Waals surface area (Å²) < 4.78 is 97.3. The van der Waals surface area contributed by atoms with E-state index in [2.05, 4.69) is 4.74 Å². The van der Waals surface area contributed by atoms with Crippen LogP contribution in [0.2, 0.25) is 10.0 Å². The predicted molar refractivity (Wildman–Crippen MR) is 95.4 cm³/mol. The van der Waals surface area contributed by atoms with Gasteiger partial charge in [-0.25, -0.2) is 9.18 Å². The van der Waals surface area contributed by atoms with Crippen LogP contribution >= 0.6 is 34.5 Å². The molecule has 0 saturated carbocycles. The van der Waals surface area contributed by atoms with Gasteiger partial charge in [-0.2, -0.15) is 26.3 Å². The molecule has 0 unspecified atom stereocenters. The number of methoxy groups -OCH3 is 1. The number of esters is 1. The summed E-state index contributed by atoms with van der Waals surface area (Å²) >= 11 is 11.0. The maximum atomic E-state index is 13.5. The highest BCUT2D eigenvalue weighted by atomic mass is 35.5. The van der Waals surface area contributed by atoms with Crippen LogP contribution in [0.15, 0.2) is 24.3 Å². The number of thiophene rings is 1. The first-order valence-corrected chi connectivity index (χ1v) is 9.01. The van der Waals surface area contributed by atoms with Gasteiger partial charge < -0.3 is 4.74 Å². The molecule has 0 bridgehead atoms. The largest absolute Gasteiger partial charge is 0.465 e. The summed E-state index contributed by atoms with van der Waals surface area (Å²) in [6.45, 7) is 0. The first-order chi connectivity index (χ1) is 13.7. The Kier molecular flexibility index (Phi) is 6.89. The Morgan fingerprint density at radius 2 is 1.57 bits per heavy atom. The van der Waals surface area contributed by atoms with Crippen molar-refractivity contribution in [1.82, 2.24) is 0 Å². The SMILES string of the molecule is COC(=O)c1sc(C(=O)/C=C(\c2cc(Cl)c(F)c(Cl)c2)C(F)(F)F)cc1C(F)(F)F. The molecule has 0 spiro atoms. The van der Waals surface area contributed by atoms with Gasteiger partial charge in [0.1, 0.15) is 4.88 Å². The smallest absolute Gasteiger partial charge is 0.418 e. The third kappa shape index (κ3) is 5.13. The molecule has 0 aliphatic rings. The number of ether oxygens (including phenoxy) is 1. The standard InChI is InChI=1S/C17H7Cl2F7O3S/c1-29-15(28)14-8(17(24,25)26)5-12(30-14)11(27)4-7(16(21,22)23)6-2-9(18)13(20)10(19)3-6/h2-5H,1H3/b7-4+. The number of hydrogen-bond donors (Lipinski definition) is 0. The van der Waals surface area contributed by atoms with E-state index in [1.54, 1.807) is 0 Å². The Labute approximate surface area is 177 Å². The van der Waals surface area contributed by atoms with Crippen molar-refractivity contribution in [3.63, 3.8) is 0 Å². The summed E-state index contributed by atoms with van der Waals surface area (Å²) in [4.78, 5) is 22.0. The van der Waals surface area contributed by atoms with Crippen LogP contribution in [0.3, 0.4) is 0 Å². The number of carbonyl (C=O) groups is 2. The van der Waals surface area contributed by atoms with Crippen molar-refractivity contribution in [2.75, 3.05) is 7.11 Å². The van der Waals surface area contributed by atoms with Crippen LogP contribution in [0, 0.1) is 5.82 Å². The first-order valence-electron chi connectivity index (χ1n) is 7.44. The van der Waals surface area contributed by atoms with Gasteiger partial charge in [0.25, 0.3) is 0 Å². The van der Waals surface area contributed by atoms with Gasteiger partial charge in [-0.1, -0.05) is 23.2 Å². The lowest BCUT2D eigenvalue weighted by Gasteiger charge is -2.13. The molecule has 0 N–H and O–H groups in total. The van der Waals surface area contributed by atoms with E-state index in [0.29, 0.717) is 12.1 Å². The van der Waals surface area contributed by atoms with Crippen LogP contribution in [0.4, 0.5) is 30.7 Å². The maximum Gasteiger partial charge on any atom is 0.418 e. The molecule has 3 nitrogen and oxygen atoms in total. The topological polar surface area (TPSA) is 43.4 Å². The van der Waals surface area contributed by atoms with Gasteiger partial charge in [-0.05, 0) is 29.8 Å². The van der Waals surface area contributed by atoms with Crippen molar-refractivity contribution in [3.8, 4) is 0 Å². The molecule has 0 fully saturated rings. The Hall–Kier alpha value is -2.11. The molecule has 162 valence electrons. The second-order valence-electron chi connectivity index (χ2n) is 5.52. The number of halogens is 9. The number of allylic oxidation sites excluding steroid dienone is 2. The minimum Gasteiger partial charge on any atom is -0.465 e. The van der Waals surface area contributed by atoms with Crippen molar-refractivity contribution in [3.05, 3.63) is 61.0 Å². The summed E-state index contributed by atoms with van der Waals surface area (Å²) in [6.07, 6.45) is -10.2. The van der Waals surface area contributed by atoms with E-state index < -0.39 is 66.4 Å². The average Bonchev–Trinajstić information content (AvgIpc) is 3.08. The molecular formula is C17H7Cl2F7O3S. The third-order valence-corrected chi connectivity index (χ3v) is 5.21. The van der Waals surface area contributed by atoms with E-state index in [9.17, 15) is 40.3 Å². The number of carbonyl (C=O) groups excluding carboxylic acids is 2. The first kappa shape index (κ1) is 24.2. The van der Waals surface area contributed by atoms with E-state index in [0.717, 1.165) is 7.11 Å². The highest BCUT2D eigenvalue weighted by molar-refractivity contribution is 7.16. The molecule has 0 aliphatic heterocycles. The van der Waals surface area contributed by atoms with Crippen molar-refractivity contribution < 1.29 is 45.1 Å². The van der Waals surface area contributed by atoms with Crippen LogP contribution in [0.25, 0.3) is 5.57 Å². The van der Waals surface area contributed by atoms with Crippen LogP contribution in [0.5, 0.6) is 0 Å². The van der Waals surface area contributed by atoms with Crippen molar-refractivity contribution >= 4 is 51.9 Å². The molecular weight excluding hydrogens is 488 g/mol. The molecule has 0 atom stereocenters. The van der Waals surface area contributed by atoms with Gasteiger partial charge in [0.05, 0.1) is 33.2 Å². The van der Waals surface area contributed by atoms with E-state index in [4.69, 9.17) is 23.2 Å². The van der Waals surface area contributed by atoms with Gasteiger partial charge in [-0.15, -0.1) is 11.3 Å². The van der Waals surface area contributed by atoms with Gasteiger partial charge >= 0.3 is 18.3 Å². The highest BCUT2D eigenvalue weighted by Gasteiger charge is 2.40. The van der Waals surface area contributed by atoms with E-state index in [-0.39, 0.29) is 23.5 Å². The quantitative estimate of drug-likeness (QED) is 0.154. The monoisotopic (exact) mass is 494 g/mol. The number of benzene rings is 1. The average molecular weight is 495 g/mol. The zero-order valence-corrected chi connectivity index (χ0v) is 16.7. The van der Waals surface area contributed by atoms with Gasteiger partial charge in [-0.3, -0.25) is 4.79 Å². The fourth-order valence-corrected chi connectivity index (χ4v) is 3.70. The van der Waals surface area contributed by atoms with E-state index in [1.165, 1.54) is 0 Å². The molecule has 30 heavy (non-hydrogen) atoms. The number of rotatable bonds is 4. The molecule has 1 aromatic carbocycles. The lowest BCUT2D eigenvalue weighted by atomic mass is 10.0. The predicted octanol–water partition coefficient (Wildman–Crippen LogP) is 6.83. The molecule has 0 saturated heterocycles. The number of hydrogen-bond acceptors (Lipinski definition) is 4. The Balaban J connectivity index is 2.62. The molecule has 2 rings (SSSR count). The molecule has 2 aromatic rings. The van der Waals surface area contributed by atoms with Crippen LogP contribution in [-0.4, -0.2) is 25.0 Å². The Morgan fingerprint density at radius 1 is 1.03 bits per heavy atom. The maximum absolute atomic E-state index is 13.5. The van der Waals surface area contributed by atoms with Crippen molar-refractivity contribution in [1.29, 1.82) is 0 Å². The lowest BCUT2D eigenvalue weighted by molar-refractivity contribution is -0.137. The highest BCUT2D eigenvalue weighted by Crippen LogP contribution is 2.40. The molecule has 0 aliphatic carbocycles. The van der Waals surface area contributed by atoms with Gasteiger partial charge in [0.15, 0.2) is 11.6 Å². The number of ketones is 1. The van der Waals surface area contributed by atoms with Crippen LogP contribution in [0.1, 0.15) is 30.5 Å². The molecule has 1 heterocycles. The fourth-order valence-electron chi connectivity index (χ4n) is 2.21. The summed E-state index contributed by atoms with van der Waals surface area (Å²) in [5.74, 6) is -4.08. The van der Waals surface area contributed by atoms with E-state index in [1.807, 2.05) is 0 Å². The van der Waals surface area contributed by atoms with Crippen LogP contribution in [-0.2, 0) is 10.9 Å². The third-order valence-electron chi connectivity index (χ3n) is 3.53. The second kappa shape index (κ2) is 8.56. The Bertz CT molecular complexity index is 1020. The fraction of sp³-hybridized carbons (Fsp3) is 0.176. The number of alkyl halides is 6. The molecule has 13 heteroatoms. The second-order valence-corrected chi connectivity index (χ2v) is 7.38. The molecule has 1 aromatic heterocycles. The van der Waals surface area contributed by atoms with Crippen LogP contribution < -0.4 is 0 Å². The molecule has 0 amide bonds.